The lowest BCUT2D eigenvalue weighted by Crippen LogP contribution is -2.52. The van der Waals surface area contributed by atoms with Crippen LogP contribution in [0.3, 0.4) is 0 Å². The number of carbonyl (C=O) groups excluding carboxylic acids is 1. The van der Waals surface area contributed by atoms with E-state index < -0.39 is 15.1 Å². The first-order chi connectivity index (χ1) is 11.4. The maximum absolute atomic E-state index is 12.4. The van der Waals surface area contributed by atoms with Gasteiger partial charge >= 0.3 is 0 Å². The van der Waals surface area contributed by atoms with Crippen molar-refractivity contribution in [2.75, 3.05) is 39.0 Å². The second kappa shape index (κ2) is 7.98. The highest BCUT2D eigenvalue weighted by Crippen LogP contribution is 2.20. The van der Waals surface area contributed by atoms with E-state index >= 15 is 0 Å². The van der Waals surface area contributed by atoms with Crippen LogP contribution in [0.2, 0.25) is 0 Å². The number of para-hydroxylation sites is 1. The molecule has 0 aromatic heterocycles. The molecule has 0 bridgehead atoms. The summed E-state index contributed by atoms with van der Waals surface area (Å²) < 4.78 is 29.1. The van der Waals surface area contributed by atoms with Crippen molar-refractivity contribution in [2.45, 2.75) is 25.6 Å². The summed E-state index contributed by atoms with van der Waals surface area (Å²) in [6.07, 6.45) is 0. The molecular formula is C17H26N2O4S. The number of methoxy groups -OCH3 is 1. The molecule has 1 atom stereocenters. The van der Waals surface area contributed by atoms with Crippen LogP contribution in [0, 0.1) is 0 Å². The van der Waals surface area contributed by atoms with Crippen LogP contribution in [0.4, 0.5) is 0 Å². The molecule has 1 aliphatic rings. The van der Waals surface area contributed by atoms with E-state index in [1.165, 1.54) is 6.92 Å². The molecule has 0 N–H and O–H groups in total. The minimum atomic E-state index is -3.34. The summed E-state index contributed by atoms with van der Waals surface area (Å²) in [7, 11) is -1.68. The van der Waals surface area contributed by atoms with E-state index in [1.54, 1.807) is 18.9 Å². The van der Waals surface area contributed by atoms with Gasteiger partial charge in [-0.1, -0.05) is 25.1 Å². The Labute approximate surface area is 144 Å². The summed E-state index contributed by atoms with van der Waals surface area (Å²) in [5, 5.41) is -0.955. The third kappa shape index (κ3) is 4.27. The fourth-order valence-corrected chi connectivity index (χ4v) is 3.82. The number of benzene rings is 1. The quantitative estimate of drug-likeness (QED) is 0.767. The van der Waals surface area contributed by atoms with Gasteiger partial charge in [0.2, 0.25) is 5.91 Å². The molecule has 1 aromatic carbocycles. The van der Waals surface area contributed by atoms with Crippen molar-refractivity contribution in [1.82, 2.24) is 9.80 Å². The third-order valence-electron chi connectivity index (χ3n) is 4.56. The first kappa shape index (κ1) is 18.7. The fraction of sp³-hybridized carbons (Fsp3) is 0.588. The molecule has 1 fully saturated rings. The second-order valence-electron chi connectivity index (χ2n) is 6.01. The summed E-state index contributed by atoms with van der Waals surface area (Å²) in [6.45, 7) is 6.38. The number of piperazine rings is 1. The van der Waals surface area contributed by atoms with Gasteiger partial charge in [0.1, 0.15) is 11.0 Å². The van der Waals surface area contributed by atoms with Crippen LogP contribution in [0.15, 0.2) is 24.3 Å². The van der Waals surface area contributed by atoms with Crippen LogP contribution in [-0.4, -0.2) is 68.4 Å². The Kier molecular flexibility index (Phi) is 6.23. The summed E-state index contributed by atoms with van der Waals surface area (Å²) in [6, 6.07) is 7.89. The molecule has 1 saturated heterocycles. The molecule has 1 aromatic rings. The van der Waals surface area contributed by atoms with Crippen LogP contribution in [0.25, 0.3) is 0 Å². The number of sulfone groups is 1. The number of carbonyl (C=O) groups is 1. The van der Waals surface area contributed by atoms with E-state index in [0.29, 0.717) is 13.1 Å². The molecule has 0 unspecified atom stereocenters. The minimum absolute atomic E-state index is 0.00628. The molecular weight excluding hydrogens is 328 g/mol. The lowest BCUT2D eigenvalue weighted by atomic mass is 10.1. The largest absolute Gasteiger partial charge is 0.496 e. The van der Waals surface area contributed by atoms with Gasteiger partial charge in [0, 0.05) is 44.0 Å². The highest BCUT2D eigenvalue weighted by molar-refractivity contribution is 7.92. The standard InChI is InChI=1S/C17H26N2O4S/c1-4-24(21,22)14(2)17(20)19-11-9-18(10-12-19)13-15-7-5-6-8-16(15)23-3/h5-8,14H,4,9-13H2,1-3H3/t14-/m1/s1. The lowest BCUT2D eigenvalue weighted by molar-refractivity contribution is -0.132. The third-order valence-corrected chi connectivity index (χ3v) is 6.64. The molecule has 134 valence electrons. The first-order valence-corrected chi connectivity index (χ1v) is 9.95. The minimum Gasteiger partial charge on any atom is -0.496 e. The Bertz CT molecular complexity index is 667. The highest BCUT2D eigenvalue weighted by Gasteiger charge is 2.32. The van der Waals surface area contributed by atoms with E-state index in [1.807, 2.05) is 24.3 Å². The molecule has 24 heavy (non-hydrogen) atoms. The normalized spacial score (nSPS) is 17.5. The number of rotatable bonds is 6. The average Bonchev–Trinajstić information content (AvgIpc) is 2.61. The second-order valence-corrected chi connectivity index (χ2v) is 8.62. The van der Waals surface area contributed by atoms with Crippen LogP contribution >= 0.6 is 0 Å². The van der Waals surface area contributed by atoms with Gasteiger partial charge in [-0.3, -0.25) is 9.69 Å². The van der Waals surface area contributed by atoms with Gasteiger partial charge in [-0.2, -0.15) is 0 Å². The van der Waals surface area contributed by atoms with Crippen molar-refractivity contribution in [3.05, 3.63) is 29.8 Å². The van der Waals surface area contributed by atoms with E-state index in [2.05, 4.69) is 4.90 Å². The predicted molar refractivity (Wildman–Crippen MR) is 93.8 cm³/mol. The molecule has 1 heterocycles. The van der Waals surface area contributed by atoms with Gasteiger partial charge in [-0.25, -0.2) is 8.42 Å². The molecule has 2 rings (SSSR count). The first-order valence-electron chi connectivity index (χ1n) is 8.23. The van der Waals surface area contributed by atoms with Gasteiger partial charge in [-0.05, 0) is 13.0 Å². The van der Waals surface area contributed by atoms with E-state index in [4.69, 9.17) is 4.74 Å². The number of hydrogen-bond donors (Lipinski definition) is 0. The number of ether oxygens (including phenoxy) is 1. The summed E-state index contributed by atoms with van der Waals surface area (Å²) in [5.41, 5.74) is 1.11. The van der Waals surface area contributed by atoms with Crippen molar-refractivity contribution in [2.24, 2.45) is 0 Å². The van der Waals surface area contributed by atoms with E-state index in [0.717, 1.165) is 30.9 Å². The number of amides is 1. The van der Waals surface area contributed by atoms with Crippen LogP contribution in [0.1, 0.15) is 19.4 Å². The maximum atomic E-state index is 12.4. The molecule has 0 spiro atoms. The topological polar surface area (TPSA) is 66.9 Å². The Morgan fingerprint density at radius 3 is 2.42 bits per heavy atom. The van der Waals surface area contributed by atoms with E-state index in [-0.39, 0.29) is 11.7 Å². The Morgan fingerprint density at radius 2 is 1.83 bits per heavy atom. The zero-order valence-corrected chi connectivity index (χ0v) is 15.4. The zero-order chi connectivity index (χ0) is 17.7. The Morgan fingerprint density at radius 1 is 1.21 bits per heavy atom. The summed E-state index contributed by atoms with van der Waals surface area (Å²) in [4.78, 5) is 16.3. The molecule has 1 amide bonds. The van der Waals surface area contributed by atoms with Gasteiger partial charge in [0.05, 0.1) is 7.11 Å². The van der Waals surface area contributed by atoms with Gasteiger partial charge in [0.25, 0.3) is 0 Å². The summed E-state index contributed by atoms with van der Waals surface area (Å²) in [5.74, 6) is 0.570. The monoisotopic (exact) mass is 354 g/mol. The summed E-state index contributed by atoms with van der Waals surface area (Å²) >= 11 is 0. The van der Waals surface area contributed by atoms with Crippen molar-refractivity contribution in [1.29, 1.82) is 0 Å². The van der Waals surface area contributed by atoms with Crippen LogP contribution in [0.5, 0.6) is 5.75 Å². The highest BCUT2D eigenvalue weighted by atomic mass is 32.2. The lowest BCUT2D eigenvalue weighted by Gasteiger charge is -2.36. The Hall–Kier alpha value is -1.60. The SMILES string of the molecule is CCS(=O)(=O)[C@H](C)C(=O)N1CCN(Cc2ccccc2OC)CC1. The number of hydrogen-bond acceptors (Lipinski definition) is 5. The molecule has 1 aliphatic heterocycles. The van der Waals surface area contributed by atoms with Crippen LogP contribution in [-0.2, 0) is 21.2 Å². The average molecular weight is 354 g/mol. The zero-order valence-electron chi connectivity index (χ0n) is 14.6. The van der Waals surface area contributed by atoms with Crippen molar-refractivity contribution < 1.29 is 17.9 Å². The number of nitrogens with zero attached hydrogens (tertiary/aromatic N) is 2. The Balaban J connectivity index is 1.93. The molecule has 7 heteroatoms. The predicted octanol–water partition coefficient (Wildman–Crippen LogP) is 1.16. The van der Waals surface area contributed by atoms with Crippen molar-refractivity contribution >= 4 is 15.7 Å². The molecule has 0 radical (unpaired) electrons. The smallest absolute Gasteiger partial charge is 0.240 e. The fourth-order valence-electron chi connectivity index (χ4n) is 2.86. The van der Waals surface area contributed by atoms with Gasteiger partial charge in [0.15, 0.2) is 9.84 Å². The van der Waals surface area contributed by atoms with Gasteiger partial charge < -0.3 is 9.64 Å². The molecule has 0 saturated carbocycles. The van der Waals surface area contributed by atoms with Gasteiger partial charge in [-0.15, -0.1) is 0 Å². The molecule has 0 aliphatic carbocycles. The van der Waals surface area contributed by atoms with E-state index in [9.17, 15) is 13.2 Å². The van der Waals surface area contributed by atoms with Crippen molar-refractivity contribution in [3.63, 3.8) is 0 Å². The molecule has 6 nitrogen and oxygen atoms in total. The van der Waals surface area contributed by atoms with Crippen molar-refractivity contribution in [3.8, 4) is 5.75 Å². The maximum Gasteiger partial charge on any atom is 0.240 e. The van der Waals surface area contributed by atoms with Crippen LogP contribution < -0.4 is 4.74 Å².